The van der Waals surface area contributed by atoms with Crippen LogP contribution in [-0.2, 0) is 4.74 Å². The van der Waals surface area contributed by atoms with Gasteiger partial charge >= 0.3 is 6.18 Å². The van der Waals surface area contributed by atoms with Crippen LogP contribution in [0, 0.1) is 0 Å². The molecule has 10 nitrogen and oxygen atoms in total. The van der Waals surface area contributed by atoms with E-state index in [0.29, 0.717) is 48.3 Å². The number of nitrogens with zero attached hydrogens (tertiary/aromatic N) is 7. The summed E-state index contributed by atoms with van der Waals surface area (Å²) in [5, 5.41) is 15.2. The van der Waals surface area contributed by atoms with E-state index in [9.17, 15) is 17.6 Å². The summed E-state index contributed by atoms with van der Waals surface area (Å²) in [6.07, 6.45) is -3.28. The number of ether oxygens (including phenoxy) is 2. The van der Waals surface area contributed by atoms with Crippen LogP contribution in [0.3, 0.4) is 0 Å². The van der Waals surface area contributed by atoms with Crippen molar-refractivity contribution in [1.82, 2.24) is 34.5 Å². The van der Waals surface area contributed by atoms with Crippen molar-refractivity contribution in [2.75, 3.05) is 38.7 Å². The van der Waals surface area contributed by atoms with Gasteiger partial charge in [0.05, 0.1) is 37.9 Å². The van der Waals surface area contributed by atoms with E-state index in [-0.39, 0.29) is 23.4 Å². The Bertz CT molecular complexity index is 1470. The molecule has 14 heteroatoms. The number of likely N-dealkylation sites (tertiary alicyclic amines) is 1. The summed E-state index contributed by atoms with van der Waals surface area (Å²) < 4.78 is 68.3. The first kappa shape index (κ1) is 24.8. The Balaban J connectivity index is 1.30. The van der Waals surface area contributed by atoms with Gasteiger partial charge in [0.25, 0.3) is 0 Å². The maximum absolute atomic E-state index is 15.0. The zero-order valence-electron chi connectivity index (χ0n) is 20.7. The fourth-order valence-electron chi connectivity index (χ4n) is 4.98. The molecule has 3 atom stereocenters. The first-order valence-corrected chi connectivity index (χ1v) is 12.3. The fraction of sp³-hybridized carbons (Fsp3) is 0.500. The van der Waals surface area contributed by atoms with Crippen molar-refractivity contribution in [2.45, 2.75) is 43.8 Å². The van der Waals surface area contributed by atoms with Gasteiger partial charge in [-0.3, -0.25) is 4.90 Å². The Labute approximate surface area is 214 Å². The predicted molar refractivity (Wildman–Crippen MR) is 130 cm³/mol. The number of piperidine rings is 1. The predicted octanol–water partition coefficient (Wildman–Crippen LogP) is 3.50. The van der Waals surface area contributed by atoms with Gasteiger partial charge in [-0.1, -0.05) is 11.3 Å². The van der Waals surface area contributed by atoms with Crippen LogP contribution >= 0.6 is 0 Å². The molecule has 5 heterocycles. The third-order valence-corrected chi connectivity index (χ3v) is 7.32. The Morgan fingerprint density at radius 1 is 1.21 bits per heavy atom. The average Bonchev–Trinajstić information content (AvgIpc) is 3.47. The first-order chi connectivity index (χ1) is 18.2. The maximum atomic E-state index is 15.0. The average molecular weight is 535 g/mol. The van der Waals surface area contributed by atoms with E-state index < -0.39 is 24.4 Å². The van der Waals surface area contributed by atoms with Crippen LogP contribution in [0.15, 0.2) is 30.5 Å². The van der Waals surface area contributed by atoms with Gasteiger partial charge < -0.3 is 14.8 Å². The number of anilines is 1. The number of rotatable bonds is 6. The minimum atomic E-state index is -4.47. The molecule has 1 aromatic carbocycles. The normalized spacial score (nSPS) is 22.1. The van der Waals surface area contributed by atoms with Crippen LogP contribution in [0.1, 0.15) is 19.4 Å². The highest BCUT2D eigenvalue weighted by Gasteiger charge is 2.39. The lowest BCUT2D eigenvalue weighted by atomic mass is 10.0. The van der Waals surface area contributed by atoms with Crippen molar-refractivity contribution >= 4 is 22.5 Å². The number of benzene rings is 1. The molecule has 6 rings (SSSR count). The number of fused-ring (bicyclic) bond motifs is 2. The second-order valence-corrected chi connectivity index (χ2v) is 9.66. The summed E-state index contributed by atoms with van der Waals surface area (Å²) in [7, 11) is 1.47. The minimum absolute atomic E-state index is 0.223. The Hall–Kier alpha value is -3.52. The summed E-state index contributed by atoms with van der Waals surface area (Å²) in [5.74, 6) is 0.471. The third kappa shape index (κ3) is 4.30. The Kier molecular flexibility index (Phi) is 6.10. The Morgan fingerprint density at radius 2 is 2.03 bits per heavy atom. The number of methoxy groups -OCH3 is 1. The first-order valence-electron chi connectivity index (χ1n) is 12.3. The lowest BCUT2D eigenvalue weighted by Gasteiger charge is -2.42. The number of hydrogen-bond acceptors (Lipinski definition) is 8. The van der Waals surface area contributed by atoms with Gasteiger partial charge in [0.1, 0.15) is 23.2 Å². The number of alkyl halides is 4. The summed E-state index contributed by atoms with van der Waals surface area (Å²) in [5.41, 5.74) is 2.40. The lowest BCUT2D eigenvalue weighted by molar-refractivity contribution is -0.164. The van der Waals surface area contributed by atoms with Gasteiger partial charge in [0, 0.05) is 24.8 Å². The molecule has 2 aliphatic rings. The molecule has 2 fully saturated rings. The van der Waals surface area contributed by atoms with E-state index in [4.69, 9.17) is 9.47 Å². The molecule has 2 aliphatic heterocycles. The van der Waals surface area contributed by atoms with Crippen LogP contribution in [0.25, 0.3) is 27.7 Å². The molecular formula is C24H26F4N8O2. The van der Waals surface area contributed by atoms with E-state index >= 15 is 0 Å². The van der Waals surface area contributed by atoms with Gasteiger partial charge in [0.2, 0.25) is 11.8 Å². The topological polar surface area (TPSA) is 94.6 Å². The van der Waals surface area contributed by atoms with Crippen LogP contribution in [-0.4, -0.2) is 92.3 Å². The monoisotopic (exact) mass is 534 g/mol. The van der Waals surface area contributed by atoms with E-state index in [1.807, 2.05) is 0 Å². The molecule has 1 N–H and O–H groups in total. The van der Waals surface area contributed by atoms with Crippen LogP contribution < -0.4 is 10.1 Å². The van der Waals surface area contributed by atoms with Gasteiger partial charge in [-0.2, -0.15) is 18.2 Å². The smallest absolute Gasteiger partial charge is 0.410 e. The number of hydrogen-bond donors (Lipinski definition) is 1. The standard InChI is InChI=1S/C24H26F4N8O2/c1-13(24(26,27)28)36-20-9-14(3-4-19(20)31-33-36)16-5-8-35-21(16)22(37-2)30-23(32-35)29-18-6-7-34(10-17(18)25)15-11-38-12-15/h3-5,8-9,13,15,17-18H,6-7,10-12H2,1-2H3,(H,29,32)/t13-,17+,18+/m0/s1. The highest BCUT2D eigenvalue weighted by atomic mass is 19.4. The van der Waals surface area contributed by atoms with Crippen molar-refractivity contribution in [3.05, 3.63) is 30.5 Å². The van der Waals surface area contributed by atoms with Crippen molar-refractivity contribution in [1.29, 1.82) is 0 Å². The molecular weight excluding hydrogens is 508 g/mol. The van der Waals surface area contributed by atoms with Crippen LogP contribution in [0.4, 0.5) is 23.5 Å². The van der Waals surface area contributed by atoms with Crippen molar-refractivity contribution in [2.24, 2.45) is 0 Å². The van der Waals surface area contributed by atoms with Crippen LogP contribution in [0.5, 0.6) is 5.88 Å². The molecule has 0 spiro atoms. The summed E-state index contributed by atoms with van der Waals surface area (Å²) in [6, 6.07) is 4.74. The summed E-state index contributed by atoms with van der Waals surface area (Å²) >= 11 is 0. The highest BCUT2D eigenvalue weighted by Crippen LogP contribution is 2.35. The second-order valence-electron chi connectivity index (χ2n) is 9.66. The molecule has 0 saturated carbocycles. The van der Waals surface area contributed by atoms with Gasteiger partial charge in [-0.25, -0.2) is 13.6 Å². The molecule has 4 aromatic rings. The largest absolute Gasteiger partial charge is 0.479 e. The maximum Gasteiger partial charge on any atom is 0.410 e. The zero-order chi connectivity index (χ0) is 26.6. The van der Waals surface area contributed by atoms with Gasteiger partial charge in [-0.05, 0) is 37.1 Å². The Morgan fingerprint density at radius 3 is 2.71 bits per heavy atom. The molecule has 0 bridgehead atoms. The number of aromatic nitrogens is 6. The molecule has 3 aromatic heterocycles. The SMILES string of the molecule is COc1nc(N[C@@H]2CCN(C3COC3)C[C@H]2F)nn2ccc(-c3ccc4nnn([C@@H](C)C(F)(F)F)c4c3)c12. The van der Waals surface area contributed by atoms with E-state index in [2.05, 4.69) is 30.6 Å². The highest BCUT2D eigenvalue weighted by molar-refractivity contribution is 5.89. The number of halogens is 4. The molecule has 0 aliphatic carbocycles. The number of nitrogens with one attached hydrogen (secondary N) is 1. The molecule has 0 unspecified atom stereocenters. The minimum Gasteiger partial charge on any atom is -0.479 e. The molecule has 38 heavy (non-hydrogen) atoms. The summed E-state index contributed by atoms with van der Waals surface area (Å²) in [6.45, 7) is 3.39. The van der Waals surface area contributed by atoms with Gasteiger partial charge in [0.15, 0.2) is 0 Å². The second kappa shape index (κ2) is 9.34. The van der Waals surface area contributed by atoms with Gasteiger partial charge in [-0.15, -0.1) is 10.2 Å². The molecule has 0 radical (unpaired) electrons. The molecule has 0 amide bonds. The summed E-state index contributed by atoms with van der Waals surface area (Å²) in [4.78, 5) is 6.59. The van der Waals surface area contributed by atoms with Crippen molar-refractivity contribution in [3.63, 3.8) is 0 Å². The fourth-order valence-corrected chi connectivity index (χ4v) is 4.98. The third-order valence-electron chi connectivity index (χ3n) is 7.32. The van der Waals surface area contributed by atoms with Crippen molar-refractivity contribution < 1.29 is 27.0 Å². The van der Waals surface area contributed by atoms with Crippen LogP contribution in [0.2, 0.25) is 0 Å². The van der Waals surface area contributed by atoms with E-state index in [1.165, 1.54) is 7.11 Å². The zero-order valence-corrected chi connectivity index (χ0v) is 20.7. The lowest BCUT2D eigenvalue weighted by Crippen LogP contribution is -2.57. The molecule has 2 saturated heterocycles. The molecule has 202 valence electrons. The van der Waals surface area contributed by atoms with E-state index in [0.717, 1.165) is 18.2 Å². The van der Waals surface area contributed by atoms with Crippen molar-refractivity contribution in [3.8, 4) is 17.0 Å². The van der Waals surface area contributed by atoms with E-state index in [1.54, 1.807) is 35.0 Å². The quantitative estimate of drug-likeness (QED) is 0.376.